The number of rotatable bonds is 6. The van der Waals surface area contributed by atoms with Crippen molar-refractivity contribution < 1.29 is 9.59 Å². The second kappa shape index (κ2) is 8.93. The highest BCUT2D eigenvalue weighted by Crippen LogP contribution is 2.24. The van der Waals surface area contributed by atoms with E-state index >= 15 is 0 Å². The minimum absolute atomic E-state index is 0.0357. The maximum absolute atomic E-state index is 12.6. The van der Waals surface area contributed by atoms with Gasteiger partial charge in [0.25, 0.3) is 0 Å². The molecule has 1 fully saturated rings. The number of nitrogens with zero attached hydrogens (tertiary/aromatic N) is 2. The van der Waals surface area contributed by atoms with Crippen molar-refractivity contribution in [2.75, 3.05) is 18.4 Å². The fraction of sp³-hybridized carbons (Fsp3) is 0.348. The zero-order chi connectivity index (χ0) is 21.1. The molecule has 1 atom stereocenters. The zero-order valence-corrected chi connectivity index (χ0v) is 17.8. The van der Waals surface area contributed by atoms with E-state index in [-0.39, 0.29) is 23.8 Å². The van der Waals surface area contributed by atoms with Gasteiger partial charge in [0.05, 0.1) is 21.3 Å². The van der Waals surface area contributed by atoms with Crippen LogP contribution in [0, 0.1) is 5.92 Å². The van der Waals surface area contributed by atoms with Crippen LogP contribution < -0.4 is 11.1 Å². The van der Waals surface area contributed by atoms with Crippen LogP contribution in [0.15, 0.2) is 48.5 Å². The number of hydrogen-bond acceptors (Lipinski definition) is 5. The summed E-state index contributed by atoms with van der Waals surface area (Å²) in [6.45, 7) is 3.33. The van der Waals surface area contributed by atoms with Crippen LogP contribution in [-0.2, 0) is 16.0 Å². The monoisotopic (exact) mass is 422 g/mol. The molecule has 7 heteroatoms. The molecule has 2 heterocycles. The average Bonchev–Trinajstić information content (AvgIpc) is 3.17. The van der Waals surface area contributed by atoms with Crippen LogP contribution >= 0.6 is 11.3 Å². The summed E-state index contributed by atoms with van der Waals surface area (Å²) in [6.07, 6.45) is 2.21. The Morgan fingerprint density at radius 1 is 1.17 bits per heavy atom. The maximum atomic E-state index is 12.6. The molecular formula is C23H26N4O2S. The van der Waals surface area contributed by atoms with E-state index in [9.17, 15) is 9.59 Å². The third-order valence-electron chi connectivity index (χ3n) is 5.77. The average molecular weight is 423 g/mol. The first-order valence-corrected chi connectivity index (χ1v) is 11.1. The molecule has 0 bridgehead atoms. The van der Waals surface area contributed by atoms with E-state index in [4.69, 9.17) is 5.73 Å². The van der Waals surface area contributed by atoms with Gasteiger partial charge in [-0.15, -0.1) is 11.3 Å². The number of likely N-dealkylation sites (tertiary alicyclic amines) is 1. The van der Waals surface area contributed by atoms with E-state index in [1.54, 1.807) is 11.3 Å². The van der Waals surface area contributed by atoms with Crippen molar-refractivity contribution in [3.63, 3.8) is 0 Å². The Labute approximate surface area is 180 Å². The molecule has 2 amide bonds. The number of fused-ring (bicyclic) bond motifs is 1. The second-order valence-electron chi connectivity index (χ2n) is 7.83. The smallest absolute Gasteiger partial charge is 0.241 e. The molecule has 1 aliphatic heterocycles. The number of piperidine rings is 1. The topological polar surface area (TPSA) is 88.3 Å². The number of hydrogen-bond donors (Lipinski definition) is 2. The third kappa shape index (κ3) is 4.68. The molecule has 2 aromatic carbocycles. The van der Waals surface area contributed by atoms with Gasteiger partial charge in [-0.25, -0.2) is 4.98 Å². The summed E-state index contributed by atoms with van der Waals surface area (Å²) in [5, 5.41) is 4.08. The number of thiazole rings is 1. The number of nitrogens with one attached hydrogen (secondary N) is 1. The fourth-order valence-electron chi connectivity index (χ4n) is 3.86. The van der Waals surface area contributed by atoms with Crippen molar-refractivity contribution in [1.29, 1.82) is 0 Å². The van der Waals surface area contributed by atoms with Crippen LogP contribution in [0.25, 0.3) is 10.2 Å². The molecule has 3 N–H and O–H groups in total. The third-order valence-corrected chi connectivity index (χ3v) is 6.81. The van der Waals surface area contributed by atoms with Crippen LogP contribution in [0.4, 0.5) is 5.69 Å². The largest absolute Gasteiger partial charge is 0.369 e. The predicted molar refractivity (Wildman–Crippen MR) is 120 cm³/mol. The number of anilines is 1. The summed E-state index contributed by atoms with van der Waals surface area (Å²) in [7, 11) is 0. The van der Waals surface area contributed by atoms with Crippen LogP contribution in [0.1, 0.15) is 30.3 Å². The Balaban J connectivity index is 1.32. The van der Waals surface area contributed by atoms with E-state index < -0.39 is 0 Å². The molecule has 0 spiro atoms. The first-order chi connectivity index (χ1) is 14.5. The van der Waals surface area contributed by atoms with Gasteiger partial charge in [0.15, 0.2) is 0 Å². The molecule has 1 aromatic heterocycles. The van der Waals surface area contributed by atoms with Gasteiger partial charge in [0, 0.05) is 18.0 Å². The first kappa shape index (κ1) is 20.5. The molecule has 4 rings (SSSR count). The standard InChI is InChI=1S/C23H26N4O2S/c1-15(27-12-10-17(11-13-27)22(24)28)23(29)25-18-8-6-16(7-9-18)14-21-26-19-4-2-3-5-20(19)30-21/h2-9,15,17H,10-14H2,1H3,(H2,24,28)(H,25,29)/t15-/m0/s1. The quantitative estimate of drug-likeness (QED) is 0.637. The molecule has 1 saturated heterocycles. The van der Waals surface area contributed by atoms with Crippen LogP contribution in [0.3, 0.4) is 0 Å². The molecular weight excluding hydrogens is 396 g/mol. The summed E-state index contributed by atoms with van der Waals surface area (Å²) >= 11 is 1.71. The normalized spacial score (nSPS) is 16.4. The van der Waals surface area contributed by atoms with Gasteiger partial charge < -0.3 is 11.1 Å². The SMILES string of the molecule is C[C@@H](C(=O)Nc1ccc(Cc2nc3ccccc3s2)cc1)N1CCC(C(N)=O)CC1. The highest BCUT2D eigenvalue weighted by molar-refractivity contribution is 7.18. The van der Waals surface area contributed by atoms with Gasteiger partial charge in [-0.05, 0) is 62.7 Å². The molecule has 30 heavy (non-hydrogen) atoms. The van der Waals surface area contributed by atoms with Crippen molar-refractivity contribution in [2.45, 2.75) is 32.2 Å². The lowest BCUT2D eigenvalue weighted by Gasteiger charge is -2.34. The Hall–Kier alpha value is -2.77. The van der Waals surface area contributed by atoms with Gasteiger partial charge in [-0.2, -0.15) is 0 Å². The summed E-state index contributed by atoms with van der Waals surface area (Å²) in [6, 6.07) is 15.8. The number of para-hydroxylation sites is 1. The van der Waals surface area contributed by atoms with Crippen molar-refractivity contribution in [3.05, 3.63) is 59.1 Å². The number of amides is 2. The van der Waals surface area contributed by atoms with E-state index in [2.05, 4.69) is 21.3 Å². The van der Waals surface area contributed by atoms with Gasteiger partial charge in [0.2, 0.25) is 11.8 Å². The summed E-state index contributed by atoms with van der Waals surface area (Å²) < 4.78 is 1.20. The molecule has 1 aliphatic rings. The second-order valence-corrected chi connectivity index (χ2v) is 8.94. The molecule has 0 aliphatic carbocycles. The number of aromatic nitrogens is 1. The summed E-state index contributed by atoms with van der Waals surface area (Å²) in [5.74, 6) is -0.344. The van der Waals surface area contributed by atoms with Gasteiger partial charge >= 0.3 is 0 Å². The Morgan fingerprint density at radius 2 is 1.87 bits per heavy atom. The Morgan fingerprint density at radius 3 is 2.53 bits per heavy atom. The molecule has 0 saturated carbocycles. The first-order valence-electron chi connectivity index (χ1n) is 10.3. The van der Waals surface area contributed by atoms with Crippen LogP contribution in [0.5, 0.6) is 0 Å². The lowest BCUT2D eigenvalue weighted by atomic mass is 9.95. The Bertz CT molecular complexity index is 1010. The maximum Gasteiger partial charge on any atom is 0.241 e. The lowest BCUT2D eigenvalue weighted by Crippen LogP contribution is -2.47. The van der Waals surface area contributed by atoms with Crippen molar-refractivity contribution in [2.24, 2.45) is 11.7 Å². The molecule has 156 valence electrons. The Kier molecular flexibility index (Phi) is 6.11. The highest BCUT2D eigenvalue weighted by atomic mass is 32.1. The van der Waals surface area contributed by atoms with Gasteiger partial charge in [-0.3, -0.25) is 14.5 Å². The van der Waals surface area contributed by atoms with Crippen molar-refractivity contribution in [1.82, 2.24) is 9.88 Å². The summed E-state index contributed by atoms with van der Waals surface area (Å²) in [5.41, 5.74) is 8.37. The molecule has 3 aromatic rings. The van der Waals surface area contributed by atoms with Crippen molar-refractivity contribution >= 4 is 39.1 Å². The summed E-state index contributed by atoms with van der Waals surface area (Å²) in [4.78, 5) is 30.8. The van der Waals surface area contributed by atoms with Crippen molar-refractivity contribution in [3.8, 4) is 0 Å². The number of nitrogens with two attached hydrogens (primary N) is 1. The number of primary amides is 1. The number of carbonyl (C=O) groups excluding carboxylic acids is 2. The molecule has 0 radical (unpaired) electrons. The van der Waals surface area contributed by atoms with Gasteiger partial charge in [-0.1, -0.05) is 24.3 Å². The minimum Gasteiger partial charge on any atom is -0.369 e. The zero-order valence-electron chi connectivity index (χ0n) is 17.0. The van der Waals surface area contributed by atoms with Crippen LogP contribution in [-0.4, -0.2) is 40.8 Å². The number of carbonyl (C=O) groups is 2. The molecule has 6 nitrogen and oxygen atoms in total. The van der Waals surface area contributed by atoms with Crippen LogP contribution in [0.2, 0.25) is 0 Å². The van der Waals surface area contributed by atoms with E-state index in [1.807, 2.05) is 49.4 Å². The van der Waals surface area contributed by atoms with E-state index in [1.165, 1.54) is 4.70 Å². The fourth-order valence-corrected chi connectivity index (χ4v) is 4.86. The minimum atomic E-state index is -0.249. The van der Waals surface area contributed by atoms with E-state index in [0.29, 0.717) is 25.9 Å². The van der Waals surface area contributed by atoms with Gasteiger partial charge in [0.1, 0.15) is 0 Å². The number of benzene rings is 2. The highest BCUT2D eigenvalue weighted by Gasteiger charge is 2.28. The molecule has 0 unspecified atom stereocenters. The predicted octanol–water partition coefficient (Wildman–Crippen LogP) is 3.41. The van der Waals surface area contributed by atoms with E-state index in [0.717, 1.165) is 28.2 Å². The lowest BCUT2D eigenvalue weighted by molar-refractivity contribution is -0.124.